The minimum atomic E-state index is 0.396. The molecule has 3 heterocycles. The van der Waals surface area contributed by atoms with E-state index in [1.165, 1.54) is 0 Å². The maximum atomic E-state index is 6.08. The van der Waals surface area contributed by atoms with Crippen LogP contribution in [0.2, 0.25) is 5.02 Å². The SMILES string of the molecule is CC1CN(C)CCC1n1c(CCl)nc2cc(Cl)cnc21. The van der Waals surface area contributed by atoms with E-state index in [-0.39, 0.29) is 0 Å². The number of rotatable bonds is 2. The fraction of sp³-hybridized carbons (Fsp3) is 0.571. The molecule has 20 heavy (non-hydrogen) atoms. The standard InChI is InChI=1S/C14H18Cl2N4/c1-9-8-19(2)4-3-12(9)20-13(6-15)18-11-5-10(16)7-17-14(11)20/h5,7,9,12H,3-4,6,8H2,1-2H3. The molecule has 3 rings (SSSR count). The Hall–Kier alpha value is -0.840. The average Bonchev–Trinajstić information content (AvgIpc) is 2.76. The molecule has 0 aromatic carbocycles. The van der Waals surface area contributed by atoms with Crippen LogP contribution in [0.15, 0.2) is 12.3 Å². The van der Waals surface area contributed by atoms with Crippen LogP contribution in [0, 0.1) is 5.92 Å². The first-order valence-corrected chi connectivity index (χ1v) is 7.78. The van der Waals surface area contributed by atoms with Gasteiger partial charge >= 0.3 is 0 Å². The number of alkyl halides is 1. The van der Waals surface area contributed by atoms with Crippen LogP contribution in [-0.4, -0.2) is 39.6 Å². The van der Waals surface area contributed by atoms with Gasteiger partial charge in [0.05, 0.1) is 10.9 Å². The summed E-state index contributed by atoms with van der Waals surface area (Å²) in [6.45, 7) is 4.45. The van der Waals surface area contributed by atoms with E-state index in [0.717, 1.165) is 36.5 Å². The van der Waals surface area contributed by atoms with Gasteiger partial charge in [0.1, 0.15) is 11.3 Å². The highest BCUT2D eigenvalue weighted by Crippen LogP contribution is 2.32. The van der Waals surface area contributed by atoms with E-state index < -0.39 is 0 Å². The predicted octanol–water partition coefficient (Wildman–Crippen LogP) is 3.34. The summed E-state index contributed by atoms with van der Waals surface area (Å²) in [5.74, 6) is 1.83. The number of pyridine rings is 1. The molecule has 0 N–H and O–H groups in total. The Morgan fingerprint density at radius 3 is 2.95 bits per heavy atom. The summed E-state index contributed by atoms with van der Waals surface area (Å²) >= 11 is 12.1. The molecule has 1 aliphatic rings. The van der Waals surface area contributed by atoms with Crippen LogP contribution in [0.4, 0.5) is 0 Å². The van der Waals surface area contributed by atoms with E-state index in [2.05, 4.69) is 33.4 Å². The van der Waals surface area contributed by atoms with E-state index in [1.807, 2.05) is 6.07 Å². The molecule has 1 saturated heterocycles. The normalized spacial score (nSPS) is 24.4. The molecular weight excluding hydrogens is 295 g/mol. The Labute approximate surface area is 128 Å². The average molecular weight is 313 g/mol. The molecule has 1 aliphatic heterocycles. The van der Waals surface area contributed by atoms with Crippen molar-refractivity contribution in [1.82, 2.24) is 19.4 Å². The number of piperidine rings is 1. The van der Waals surface area contributed by atoms with Crippen LogP contribution in [0.5, 0.6) is 0 Å². The van der Waals surface area contributed by atoms with Crippen molar-refractivity contribution >= 4 is 34.4 Å². The lowest BCUT2D eigenvalue weighted by Crippen LogP contribution is -2.38. The van der Waals surface area contributed by atoms with Crippen molar-refractivity contribution in [3.8, 4) is 0 Å². The summed E-state index contributed by atoms with van der Waals surface area (Å²) in [5.41, 5.74) is 1.73. The summed E-state index contributed by atoms with van der Waals surface area (Å²) < 4.78 is 2.22. The predicted molar refractivity (Wildman–Crippen MR) is 82.4 cm³/mol. The van der Waals surface area contributed by atoms with Crippen molar-refractivity contribution in [2.24, 2.45) is 5.92 Å². The summed E-state index contributed by atoms with van der Waals surface area (Å²) in [4.78, 5) is 11.4. The highest BCUT2D eigenvalue weighted by molar-refractivity contribution is 6.31. The van der Waals surface area contributed by atoms with Gasteiger partial charge in [-0.1, -0.05) is 18.5 Å². The highest BCUT2D eigenvalue weighted by Gasteiger charge is 2.29. The molecule has 0 aliphatic carbocycles. The fourth-order valence-electron chi connectivity index (χ4n) is 3.17. The van der Waals surface area contributed by atoms with Crippen molar-refractivity contribution < 1.29 is 0 Å². The lowest BCUT2D eigenvalue weighted by Gasteiger charge is -2.36. The zero-order valence-electron chi connectivity index (χ0n) is 11.7. The molecule has 2 aromatic heterocycles. The lowest BCUT2D eigenvalue weighted by atomic mass is 9.94. The molecule has 1 fully saturated rings. The molecule has 0 saturated carbocycles. The minimum absolute atomic E-state index is 0.396. The molecule has 0 bridgehead atoms. The molecule has 6 heteroatoms. The third kappa shape index (κ3) is 2.41. The van der Waals surface area contributed by atoms with Gasteiger partial charge < -0.3 is 9.47 Å². The highest BCUT2D eigenvalue weighted by atomic mass is 35.5. The van der Waals surface area contributed by atoms with E-state index in [0.29, 0.717) is 22.9 Å². The van der Waals surface area contributed by atoms with Crippen LogP contribution >= 0.6 is 23.2 Å². The second-order valence-corrected chi connectivity index (χ2v) is 6.33. The Balaban J connectivity index is 2.09. The topological polar surface area (TPSA) is 34.0 Å². The van der Waals surface area contributed by atoms with E-state index in [9.17, 15) is 0 Å². The Morgan fingerprint density at radius 2 is 2.25 bits per heavy atom. The van der Waals surface area contributed by atoms with Gasteiger partial charge in [-0.15, -0.1) is 11.6 Å². The van der Waals surface area contributed by atoms with Crippen LogP contribution < -0.4 is 0 Å². The molecule has 2 unspecified atom stereocenters. The monoisotopic (exact) mass is 312 g/mol. The number of nitrogens with zero attached hydrogens (tertiary/aromatic N) is 4. The molecule has 0 spiro atoms. The van der Waals surface area contributed by atoms with Gasteiger partial charge in [0.25, 0.3) is 0 Å². The Kier molecular flexibility index (Phi) is 3.89. The summed E-state index contributed by atoms with van der Waals surface area (Å²) in [7, 11) is 2.17. The van der Waals surface area contributed by atoms with Crippen molar-refractivity contribution in [2.45, 2.75) is 25.3 Å². The van der Waals surface area contributed by atoms with Crippen molar-refractivity contribution in [2.75, 3.05) is 20.1 Å². The first kappa shape index (κ1) is 14.1. The third-order valence-electron chi connectivity index (χ3n) is 4.08. The quantitative estimate of drug-likeness (QED) is 0.798. The Bertz CT molecular complexity index is 625. The zero-order chi connectivity index (χ0) is 14.3. The smallest absolute Gasteiger partial charge is 0.160 e. The third-order valence-corrected chi connectivity index (χ3v) is 4.53. The van der Waals surface area contributed by atoms with Crippen LogP contribution in [0.1, 0.15) is 25.2 Å². The number of likely N-dealkylation sites (tertiary alicyclic amines) is 1. The number of aromatic nitrogens is 3. The summed E-state index contributed by atoms with van der Waals surface area (Å²) in [5, 5.41) is 0.611. The van der Waals surface area contributed by atoms with Crippen LogP contribution in [0.25, 0.3) is 11.2 Å². The second-order valence-electron chi connectivity index (χ2n) is 5.62. The molecular formula is C14H18Cl2N4. The van der Waals surface area contributed by atoms with Gasteiger partial charge in [-0.05, 0) is 32.0 Å². The van der Waals surface area contributed by atoms with Gasteiger partial charge in [0, 0.05) is 18.8 Å². The Morgan fingerprint density at radius 1 is 1.45 bits per heavy atom. The van der Waals surface area contributed by atoms with E-state index in [4.69, 9.17) is 23.2 Å². The number of imidazole rings is 1. The molecule has 2 aromatic rings. The van der Waals surface area contributed by atoms with Crippen molar-refractivity contribution in [3.05, 3.63) is 23.1 Å². The molecule has 2 atom stereocenters. The molecule has 4 nitrogen and oxygen atoms in total. The van der Waals surface area contributed by atoms with Crippen LogP contribution in [0.3, 0.4) is 0 Å². The summed E-state index contributed by atoms with van der Waals surface area (Å²) in [6, 6.07) is 2.26. The maximum absolute atomic E-state index is 6.08. The summed E-state index contributed by atoms with van der Waals surface area (Å²) in [6.07, 6.45) is 2.77. The number of hydrogen-bond acceptors (Lipinski definition) is 3. The van der Waals surface area contributed by atoms with Crippen LogP contribution in [-0.2, 0) is 5.88 Å². The van der Waals surface area contributed by atoms with Gasteiger partial charge in [-0.3, -0.25) is 0 Å². The van der Waals surface area contributed by atoms with E-state index >= 15 is 0 Å². The number of hydrogen-bond donors (Lipinski definition) is 0. The first-order valence-electron chi connectivity index (χ1n) is 6.87. The second kappa shape index (κ2) is 5.51. The van der Waals surface area contributed by atoms with E-state index in [1.54, 1.807) is 6.20 Å². The van der Waals surface area contributed by atoms with Gasteiger partial charge in [0.15, 0.2) is 5.65 Å². The zero-order valence-corrected chi connectivity index (χ0v) is 13.2. The molecule has 0 amide bonds. The fourth-order valence-corrected chi connectivity index (χ4v) is 3.51. The largest absolute Gasteiger partial charge is 0.308 e. The van der Waals surface area contributed by atoms with Gasteiger partial charge in [0.2, 0.25) is 0 Å². The lowest BCUT2D eigenvalue weighted by molar-refractivity contribution is 0.159. The van der Waals surface area contributed by atoms with Gasteiger partial charge in [-0.2, -0.15) is 0 Å². The molecule has 0 radical (unpaired) electrons. The van der Waals surface area contributed by atoms with Crippen molar-refractivity contribution in [1.29, 1.82) is 0 Å². The van der Waals surface area contributed by atoms with Gasteiger partial charge in [-0.25, -0.2) is 9.97 Å². The number of halogens is 2. The first-order chi connectivity index (χ1) is 9.60. The molecule has 108 valence electrons. The maximum Gasteiger partial charge on any atom is 0.160 e. The minimum Gasteiger partial charge on any atom is -0.308 e. The number of fused-ring (bicyclic) bond motifs is 1. The van der Waals surface area contributed by atoms with Crippen molar-refractivity contribution in [3.63, 3.8) is 0 Å².